The molecule has 0 bridgehead atoms. The van der Waals surface area contributed by atoms with Crippen LogP contribution in [-0.4, -0.2) is 68.6 Å². The molecule has 164 valence electrons. The van der Waals surface area contributed by atoms with Crippen LogP contribution in [0, 0.1) is 12.4 Å². The minimum Gasteiger partial charge on any atom is -0.340 e. The molecular formula is C22H21ClFN7O. The maximum absolute atomic E-state index is 13.6. The molecule has 8 nitrogen and oxygen atoms in total. The summed E-state index contributed by atoms with van der Waals surface area (Å²) >= 11 is 6.18. The lowest BCUT2D eigenvalue weighted by molar-refractivity contribution is -0.132. The predicted octanol–water partition coefficient (Wildman–Crippen LogP) is 2.93. The molecule has 1 aliphatic heterocycles. The normalized spacial score (nSPS) is 14.3. The zero-order valence-corrected chi connectivity index (χ0v) is 18.0. The highest BCUT2D eigenvalue weighted by Crippen LogP contribution is 2.31. The van der Waals surface area contributed by atoms with Gasteiger partial charge < -0.3 is 4.90 Å². The quantitative estimate of drug-likeness (QED) is 0.537. The van der Waals surface area contributed by atoms with Crippen LogP contribution in [0.2, 0.25) is 5.02 Å². The minimum absolute atomic E-state index is 0.100. The average molecular weight is 454 g/mol. The minimum atomic E-state index is -0.592. The van der Waals surface area contributed by atoms with Gasteiger partial charge in [0.05, 0.1) is 23.7 Å². The molecule has 0 N–H and O–H groups in total. The van der Waals surface area contributed by atoms with Crippen molar-refractivity contribution < 1.29 is 9.18 Å². The van der Waals surface area contributed by atoms with Crippen molar-refractivity contribution in [3.05, 3.63) is 76.1 Å². The summed E-state index contributed by atoms with van der Waals surface area (Å²) < 4.78 is 15.2. The molecule has 1 fully saturated rings. The zero-order valence-electron chi connectivity index (χ0n) is 17.3. The number of carbonyl (C=O) groups excluding carboxylic acids is 1. The van der Waals surface area contributed by atoms with E-state index in [4.69, 9.17) is 18.2 Å². The molecule has 1 aliphatic rings. The van der Waals surface area contributed by atoms with E-state index in [0.29, 0.717) is 25.9 Å². The van der Waals surface area contributed by atoms with Gasteiger partial charge in [0.1, 0.15) is 12.1 Å². The molecule has 1 aromatic heterocycles. The summed E-state index contributed by atoms with van der Waals surface area (Å²) in [7, 11) is 0. The van der Waals surface area contributed by atoms with Gasteiger partial charge in [0.15, 0.2) is 0 Å². The number of benzene rings is 2. The van der Waals surface area contributed by atoms with Crippen LogP contribution in [0.5, 0.6) is 0 Å². The summed E-state index contributed by atoms with van der Waals surface area (Å²) in [5.41, 5.74) is 2.42. The van der Waals surface area contributed by atoms with E-state index in [-0.39, 0.29) is 16.6 Å². The topological polar surface area (TPSA) is 71.5 Å². The second-order valence-corrected chi connectivity index (χ2v) is 7.93. The summed E-state index contributed by atoms with van der Waals surface area (Å²) in [4.78, 5) is 20.0. The summed E-state index contributed by atoms with van der Waals surface area (Å²) in [5, 5.41) is 11.3. The number of amides is 1. The second kappa shape index (κ2) is 9.85. The molecular weight excluding hydrogens is 433 g/mol. The smallest absolute Gasteiger partial charge is 0.240 e. The molecule has 0 saturated carbocycles. The van der Waals surface area contributed by atoms with E-state index in [0.717, 1.165) is 36.4 Å². The van der Waals surface area contributed by atoms with Crippen molar-refractivity contribution in [3.63, 3.8) is 0 Å². The van der Waals surface area contributed by atoms with Crippen molar-refractivity contribution in [1.29, 1.82) is 0 Å². The van der Waals surface area contributed by atoms with Crippen molar-refractivity contribution in [2.24, 2.45) is 0 Å². The van der Waals surface area contributed by atoms with Gasteiger partial charge in [0.2, 0.25) is 11.6 Å². The number of piperazine rings is 1. The Kier molecular flexibility index (Phi) is 6.73. The van der Waals surface area contributed by atoms with Crippen LogP contribution in [0.25, 0.3) is 10.5 Å². The summed E-state index contributed by atoms with van der Waals surface area (Å²) in [5.74, 6) is -0.492. The predicted molar refractivity (Wildman–Crippen MR) is 117 cm³/mol. The lowest BCUT2D eigenvalue weighted by Crippen LogP contribution is -2.49. The number of aromatic nitrogens is 4. The van der Waals surface area contributed by atoms with Crippen LogP contribution in [0.3, 0.4) is 0 Å². The van der Waals surface area contributed by atoms with Crippen LogP contribution < -0.4 is 0 Å². The Morgan fingerprint density at radius 3 is 2.53 bits per heavy atom. The molecule has 2 aromatic carbocycles. The van der Waals surface area contributed by atoms with Crippen molar-refractivity contribution in [1.82, 2.24) is 30.0 Å². The van der Waals surface area contributed by atoms with E-state index < -0.39 is 5.82 Å². The van der Waals surface area contributed by atoms with Crippen molar-refractivity contribution >= 4 is 23.2 Å². The highest BCUT2D eigenvalue weighted by atomic mass is 35.5. The fraction of sp³-hybridized carbons (Fsp3) is 0.318. The third-order valence-electron chi connectivity index (χ3n) is 5.59. The first kappa shape index (κ1) is 21.9. The second-order valence-electron chi connectivity index (χ2n) is 7.55. The van der Waals surface area contributed by atoms with Gasteiger partial charge in [0, 0.05) is 32.7 Å². The monoisotopic (exact) mass is 453 g/mol. The van der Waals surface area contributed by atoms with Gasteiger partial charge in [0.25, 0.3) is 0 Å². The van der Waals surface area contributed by atoms with Crippen LogP contribution in [0.1, 0.15) is 11.1 Å². The zero-order chi connectivity index (χ0) is 22.5. The van der Waals surface area contributed by atoms with Gasteiger partial charge in [-0.05, 0) is 46.2 Å². The summed E-state index contributed by atoms with van der Waals surface area (Å²) in [6, 6.07) is 10.5. The van der Waals surface area contributed by atoms with E-state index in [1.165, 1.54) is 12.4 Å². The molecule has 0 atom stereocenters. The molecule has 1 saturated heterocycles. The highest BCUT2D eigenvalue weighted by molar-refractivity contribution is 6.34. The maximum Gasteiger partial charge on any atom is 0.240 e. The number of halogens is 2. The molecule has 0 unspecified atom stereocenters. The first-order chi connectivity index (χ1) is 15.5. The van der Waals surface area contributed by atoms with E-state index in [1.807, 2.05) is 29.2 Å². The molecule has 1 amide bonds. The van der Waals surface area contributed by atoms with E-state index in [1.54, 1.807) is 10.7 Å². The SMILES string of the molecule is [C-]#[N+]c1c(F)ccc(CCN2CCN(C(=O)Cc3ccc(-n4cnnn4)cc3)CC2)c1Cl. The standard InChI is InChI=1S/C22H21ClFN7O/c1-25-22-19(24)7-4-17(21(22)23)8-9-29-10-12-30(13-11-29)20(32)14-16-2-5-18(6-3-16)31-15-26-27-28-31/h2-7,15H,8-14H2. The van der Waals surface area contributed by atoms with Crippen molar-refractivity contribution in [2.75, 3.05) is 32.7 Å². The largest absolute Gasteiger partial charge is 0.340 e. The lowest BCUT2D eigenvalue weighted by Gasteiger charge is -2.35. The number of rotatable bonds is 6. The Morgan fingerprint density at radius 2 is 1.88 bits per heavy atom. The number of hydrogen-bond acceptors (Lipinski definition) is 5. The first-order valence-electron chi connectivity index (χ1n) is 10.2. The molecule has 32 heavy (non-hydrogen) atoms. The molecule has 3 aromatic rings. The van der Waals surface area contributed by atoms with E-state index in [9.17, 15) is 9.18 Å². The Labute approximate surface area is 190 Å². The fourth-order valence-corrected chi connectivity index (χ4v) is 4.00. The Morgan fingerprint density at radius 1 is 1.12 bits per heavy atom. The lowest BCUT2D eigenvalue weighted by atomic mass is 10.1. The first-order valence-corrected chi connectivity index (χ1v) is 10.6. The van der Waals surface area contributed by atoms with Gasteiger partial charge in [-0.1, -0.05) is 29.8 Å². The van der Waals surface area contributed by atoms with Gasteiger partial charge in [-0.2, -0.15) is 0 Å². The molecule has 0 spiro atoms. The number of tetrazole rings is 1. The number of nitrogens with zero attached hydrogens (tertiary/aromatic N) is 7. The van der Waals surface area contributed by atoms with Gasteiger partial charge in [-0.15, -0.1) is 5.10 Å². The summed E-state index contributed by atoms with van der Waals surface area (Å²) in [6.07, 6.45) is 2.50. The van der Waals surface area contributed by atoms with Gasteiger partial charge >= 0.3 is 0 Å². The molecule has 4 rings (SSSR count). The molecule has 2 heterocycles. The van der Waals surface area contributed by atoms with Crippen LogP contribution in [0.4, 0.5) is 10.1 Å². The van der Waals surface area contributed by atoms with Crippen molar-refractivity contribution in [3.8, 4) is 5.69 Å². The van der Waals surface area contributed by atoms with Crippen LogP contribution in [0.15, 0.2) is 42.7 Å². The Bertz CT molecular complexity index is 1120. The number of hydrogen-bond donors (Lipinski definition) is 0. The third-order valence-corrected chi connectivity index (χ3v) is 6.01. The van der Waals surface area contributed by atoms with Crippen molar-refractivity contribution in [2.45, 2.75) is 12.8 Å². The van der Waals surface area contributed by atoms with E-state index >= 15 is 0 Å². The van der Waals surface area contributed by atoms with E-state index in [2.05, 4.69) is 25.3 Å². The summed E-state index contributed by atoms with van der Waals surface area (Å²) in [6.45, 7) is 10.7. The van der Waals surface area contributed by atoms with Gasteiger partial charge in [-0.3, -0.25) is 9.69 Å². The number of carbonyl (C=O) groups is 1. The fourth-order valence-electron chi connectivity index (χ4n) is 3.71. The molecule has 0 radical (unpaired) electrons. The third kappa shape index (κ3) is 4.93. The Hall–Kier alpha value is -3.35. The highest BCUT2D eigenvalue weighted by Gasteiger charge is 2.21. The average Bonchev–Trinajstić information content (AvgIpc) is 3.35. The van der Waals surface area contributed by atoms with Crippen LogP contribution in [-0.2, 0) is 17.6 Å². The van der Waals surface area contributed by atoms with Gasteiger partial charge in [-0.25, -0.2) is 13.9 Å². The molecule has 10 heteroatoms. The maximum atomic E-state index is 13.6. The van der Waals surface area contributed by atoms with Crippen LogP contribution >= 0.6 is 11.6 Å². The molecule has 0 aliphatic carbocycles. The Balaban J connectivity index is 1.26.